The molecule has 0 bridgehead atoms. The lowest BCUT2D eigenvalue weighted by atomic mass is 10.1. The molecule has 34 heavy (non-hydrogen) atoms. The van der Waals surface area contributed by atoms with Gasteiger partial charge in [-0.3, -0.25) is 4.98 Å². The molecule has 0 aliphatic carbocycles. The summed E-state index contributed by atoms with van der Waals surface area (Å²) in [5.74, 6) is 0.469. The monoisotopic (exact) mass is 473 g/mol. The number of pyridine rings is 1. The summed E-state index contributed by atoms with van der Waals surface area (Å²) in [6.07, 6.45) is 12.0. The minimum Gasteiger partial charge on any atom is -0.492 e. The minimum atomic E-state index is -0.878. The maximum Gasteiger partial charge on any atom is 0.337 e. The van der Waals surface area contributed by atoms with E-state index in [1.165, 1.54) is 0 Å². The van der Waals surface area contributed by atoms with E-state index in [4.69, 9.17) is 18.9 Å². The van der Waals surface area contributed by atoms with Crippen LogP contribution in [-0.4, -0.2) is 52.8 Å². The van der Waals surface area contributed by atoms with E-state index < -0.39 is 5.60 Å². The Morgan fingerprint density at radius 2 is 1.91 bits per heavy atom. The Kier molecular flexibility index (Phi) is 10.3. The molecule has 0 radical (unpaired) electrons. The second kappa shape index (κ2) is 13.4. The Morgan fingerprint density at radius 3 is 2.62 bits per heavy atom. The second-order valence-electron chi connectivity index (χ2n) is 9.06. The summed E-state index contributed by atoms with van der Waals surface area (Å²) in [7, 11) is 0. The van der Waals surface area contributed by atoms with Crippen molar-refractivity contribution in [1.29, 1.82) is 0 Å². The lowest BCUT2D eigenvalue weighted by Gasteiger charge is -2.24. The number of esters is 1. The first kappa shape index (κ1) is 26.2. The van der Waals surface area contributed by atoms with E-state index in [9.17, 15) is 4.79 Å². The summed E-state index contributed by atoms with van der Waals surface area (Å²) >= 11 is 0. The van der Waals surface area contributed by atoms with Crippen molar-refractivity contribution in [2.24, 2.45) is 0 Å². The largest absolute Gasteiger partial charge is 0.492 e. The average molecular weight is 474 g/mol. The number of unbranched alkanes of at least 4 members (excludes halogenated alkanes) is 4. The molecule has 8 heteroatoms. The van der Waals surface area contributed by atoms with Gasteiger partial charge in [-0.25, -0.2) is 9.48 Å². The lowest BCUT2D eigenvalue weighted by molar-refractivity contribution is -0.167. The molecule has 0 saturated carbocycles. The molecule has 2 aromatic heterocycles. The van der Waals surface area contributed by atoms with Crippen LogP contribution in [0.2, 0.25) is 0 Å². The van der Waals surface area contributed by atoms with Crippen LogP contribution in [0.1, 0.15) is 78.4 Å². The fraction of sp³-hybridized carbons (Fsp3) is 0.654. The van der Waals surface area contributed by atoms with Gasteiger partial charge < -0.3 is 18.9 Å². The van der Waals surface area contributed by atoms with Crippen molar-refractivity contribution in [3.8, 4) is 17.1 Å². The van der Waals surface area contributed by atoms with Crippen LogP contribution >= 0.6 is 0 Å². The molecule has 1 saturated heterocycles. The van der Waals surface area contributed by atoms with Crippen LogP contribution in [0, 0.1) is 0 Å². The lowest BCUT2D eigenvalue weighted by Crippen LogP contribution is -2.37. The number of aromatic nitrogens is 3. The number of hydrogen-bond donors (Lipinski definition) is 0. The molecule has 8 nitrogen and oxygen atoms in total. The number of nitrogens with zero attached hydrogens (tertiary/aromatic N) is 3. The van der Waals surface area contributed by atoms with Gasteiger partial charge in [0.1, 0.15) is 5.75 Å². The summed E-state index contributed by atoms with van der Waals surface area (Å²) < 4.78 is 24.4. The maximum atomic E-state index is 11.8. The van der Waals surface area contributed by atoms with Crippen LogP contribution in [0.3, 0.4) is 0 Å². The van der Waals surface area contributed by atoms with Gasteiger partial charge in [0.2, 0.25) is 0 Å². The molecule has 3 rings (SSSR count). The van der Waals surface area contributed by atoms with E-state index in [0.29, 0.717) is 19.8 Å². The third kappa shape index (κ3) is 7.81. The Morgan fingerprint density at radius 1 is 1.12 bits per heavy atom. The van der Waals surface area contributed by atoms with E-state index in [2.05, 4.69) is 10.1 Å². The van der Waals surface area contributed by atoms with Crippen LogP contribution in [0.25, 0.3) is 11.4 Å². The average Bonchev–Trinajstić information content (AvgIpc) is 3.34. The molecule has 1 unspecified atom stereocenters. The smallest absolute Gasteiger partial charge is 0.337 e. The topological polar surface area (TPSA) is 84.7 Å². The van der Waals surface area contributed by atoms with E-state index in [-0.39, 0.29) is 12.2 Å². The molecule has 1 fully saturated rings. The first-order valence-corrected chi connectivity index (χ1v) is 12.6. The fourth-order valence-electron chi connectivity index (χ4n) is 3.90. The Bertz CT molecular complexity index is 860. The molecule has 1 aliphatic rings. The maximum absolute atomic E-state index is 11.8. The first-order valence-electron chi connectivity index (χ1n) is 12.6. The summed E-state index contributed by atoms with van der Waals surface area (Å²) in [4.78, 5) is 16.4. The van der Waals surface area contributed by atoms with E-state index in [1.807, 2.05) is 22.9 Å². The van der Waals surface area contributed by atoms with E-state index in [0.717, 1.165) is 75.1 Å². The molecule has 1 atom stereocenters. The number of rotatable bonds is 14. The predicted molar refractivity (Wildman–Crippen MR) is 130 cm³/mol. The van der Waals surface area contributed by atoms with Gasteiger partial charge in [-0.05, 0) is 71.1 Å². The number of hydrogen-bond acceptors (Lipinski definition) is 7. The summed E-state index contributed by atoms with van der Waals surface area (Å²) in [5, 5.41) is 4.45. The van der Waals surface area contributed by atoms with Gasteiger partial charge in [-0.15, -0.1) is 0 Å². The van der Waals surface area contributed by atoms with Crippen molar-refractivity contribution in [3.63, 3.8) is 0 Å². The summed E-state index contributed by atoms with van der Waals surface area (Å²) in [6.45, 7) is 7.69. The van der Waals surface area contributed by atoms with Crippen molar-refractivity contribution >= 4 is 5.97 Å². The molecule has 3 heterocycles. The molecule has 0 aromatic carbocycles. The standard InChI is InChI=1S/C26H39N3O5/c1-4-31-25(30)26(2,3)34-19-10-7-5-6-9-17-32-21-13-14-22(27-20-21)23-15-16-28-29(23)24-12-8-11-18-33-24/h13-16,20,24H,4-12,17-19H2,1-3H3. The molecule has 0 amide bonds. The van der Waals surface area contributed by atoms with Crippen molar-refractivity contribution in [3.05, 3.63) is 30.6 Å². The number of ether oxygens (including phenoxy) is 4. The van der Waals surface area contributed by atoms with Gasteiger partial charge in [0.15, 0.2) is 11.8 Å². The van der Waals surface area contributed by atoms with Crippen LogP contribution in [0.5, 0.6) is 5.75 Å². The normalized spacial score (nSPS) is 16.4. The van der Waals surface area contributed by atoms with Crippen molar-refractivity contribution in [2.75, 3.05) is 26.4 Å². The van der Waals surface area contributed by atoms with Crippen LogP contribution in [-0.2, 0) is 19.0 Å². The molecule has 188 valence electrons. The Hall–Kier alpha value is -2.45. The highest BCUT2D eigenvalue weighted by atomic mass is 16.6. The predicted octanol–water partition coefficient (Wildman–Crippen LogP) is 5.33. The number of carbonyl (C=O) groups is 1. The zero-order valence-corrected chi connectivity index (χ0v) is 20.8. The third-order valence-corrected chi connectivity index (χ3v) is 5.88. The van der Waals surface area contributed by atoms with Gasteiger partial charge in [0.25, 0.3) is 0 Å². The Balaban J connectivity index is 1.30. The van der Waals surface area contributed by atoms with Gasteiger partial charge >= 0.3 is 5.97 Å². The molecule has 0 spiro atoms. The molecule has 0 N–H and O–H groups in total. The van der Waals surface area contributed by atoms with Crippen molar-refractivity contribution < 1.29 is 23.7 Å². The van der Waals surface area contributed by atoms with E-state index >= 15 is 0 Å². The van der Waals surface area contributed by atoms with E-state index in [1.54, 1.807) is 33.2 Å². The fourth-order valence-corrected chi connectivity index (χ4v) is 3.90. The van der Waals surface area contributed by atoms with Crippen LogP contribution in [0.15, 0.2) is 30.6 Å². The van der Waals surface area contributed by atoms with Crippen LogP contribution < -0.4 is 4.74 Å². The first-order chi connectivity index (χ1) is 16.5. The zero-order chi connectivity index (χ0) is 24.2. The van der Waals surface area contributed by atoms with Gasteiger partial charge in [-0.2, -0.15) is 5.10 Å². The van der Waals surface area contributed by atoms with Gasteiger partial charge in [0, 0.05) is 19.4 Å². The molecule has 1 aliphatic heterocycles. The minimum absolute atomic E-state index is 0.00732. The summed E-state index contributed by atoms with van der Waals surface area (Å²) in [5.41, 5.74) is 0.955. The van der Waals surface area contributed by atoms with Gasteiger partial charge in [-0.1, -0.05) is 19.3 Å². The quantitative estimate of drug-likeness (QED) is 0.271. The van der Waals surface area contributed by atoms with Crippen molar-refractivity contribution in [1.82, 2.24) is 14.8 Å². The third-order valence-electron chi connectivity index (χ3n) is 5.88. The zero-order valence-electron chi connectivity index (χ0n) is 20.8. The number of carbonyl (C=O) groups excluding carboxylic acids is 1. The molecular formula is C26H39N3O5. The second-order valence-corrected chi connectivity index (χ2v) is 9.06. The summed E-state index contributed by atoms with van der Waals surface area (Å²) in [6, 6.07) is 5.91. The molecular weight excluding hydrogens is 434 g/mol. The highest BCUT2D eigenvalue weighted by Crippen LogP contribution is 2.28. The highest BCUT2D eigenvalue weighted by Gasteiger charge is 2.29. The van der Waals surface area contributed by atoms with Crippen LogP contribution in [0.4, 0.5) is 0 Å². The van der Waals surface area contributed by atoms with Gasteiger partial charge in [0.05, 0.1) is 30.8 Å². The Labute approximate surface area is 202 Å². The van der Waals surface area contributed by atoms with Crippen molar-refractivity contribution in [2.45, 2.75) is 84.0 Å². The highest BCUT2D eigenvalue weighted by molar-refractivity contribution is 5.78. The SMILES string of the molecule is CCOC(=O)C(C)(C)OCCCCCCCOc1ccc(-c2ccnn2C2CCCCO2)nc1. The molecule has 2 aromatic rings.